The molecule has 1 aliphatic heterocycles. The third kappa shape index (κ3) is 10.2. The van der Waals surface area contributed by atoms with Crippen LogP contribution in [-0.4, -0.2) is 64.0 Å². The molecule has 0 radical (unpaired) electrons. The molecule has 3 atom stereocenters. The highest BCUT2D eigenvalue weighted by molar-refractivity contribution is 7.81. The van der Waals surface area contributed by atoms with Crippen molar-refractivity contribution in [3.63, 3.8) is 0 Å². The molecule has 0 spiro atoms. The fraction of sp³-hybridized carbons (Fsp3) is 0.786. The van der Waals surface area contributed by atoms with Gasteiger partial charge in [-0.1, -0.05) is 6.42 Å². The minimum absolute atomic E-state index is 0.111. The van der Waals surface area contributed by atoms with Gasteiger partial charge in [0.1, 0.15) is 0 Å². The van der Waals surface area contributed by atoms with Crippen molar-refractivity contribution in [2.75, 3.05) is 26.3 Å². The summed E-state index contributed by atoms with van der Waals surface area (Å²) in [4.78, 5) is 54.6. The summed E-state index contributed by atoms with van der Waals surface area (Å²) in [5.74, 6) is -0.857. The van der Waals surface area contributed by atoms with Gasteiger partial charge in [-0.2, -0.15) is 16.9 Å². The van der Waals surface area contributed by atoms with Crippen molar-refractivity contribution >= 4 is 46.0 Å². The fourth-order valence-electron chi connectivity index (χ4n) is 2.41. The molecule has 1 rings (SSSR count). The van der Waals surface area contributed by atoms with E-state index in [-0.39, 0.29) is 43.7 Å². The number of hydrogen-bond donors (Lipinski definition) is 4. The number of carbonyl (C=O) groups excluding carboxylic acids is 3. The molecule has 0 aromatic heterocycles. The molecule has 3 unspecified atom stereocenters. The van der Waals surface area contributed by atoms with Crippen LogP contribution in [0.15, 0.2) is 0 Å². The minimum Gasteiger partial charge on any atom is -0.354 e. The summed E-state index contributed by atoms with van der Waals surface area (Å²) in [6, 6.07) is 0. The van der Waals surface area contributed by atoms with E-state index in [1.54, 1.807) is 0 Å². The van der Waals surface area contributed by atoms with E-state index in [1.807, 2.05) is 0 Å². The van der Waals surface area contributed by atoms with Crippen LogP contribution in [0.25, 0.3) is 0 Å². The zero-order valence-corrected chi connectivity index (χ0v) is 18.6. The maximum atomic E-state index is 11.7. The number of unbranched alkanes of at least 4 members (excludes halogenated alkanes) is 2. The number of rotatable bonds is 14. The summed E-state index contributed by atoms with van der Waals surface area (Å²) in [7, 11) is -9.51. The molecule has 29 heavy (non-hydrogen) atoms. The topological polar surface area (TPSA) is 169 Å². The molecule has 3 amide bonds. The zero-order valence-electron chi connectivity index (χ0n) is 15.9. The number of phosphoric ester groups is 2. The number of carbonyl (C=O) groups is 3. The molecular formula is C14H26N2O10P2S. The van der Waals surface area contributed by atoms with Gasteiger partial charge in [-0.05, 0) is 19.8 Å². The van der Waals surface area contributed by atoms with Crippen molar-refractivity contribution in [1.29, 1.82) is 0 Å². The molecular weight excluding hydrogens is 450 g/mol. The Balaban J connectivity index is 2.12. The number of phosphoric acid groups is 2. The van der Waals surface area contributed by atoms with Crippen LogP contribution in [0, 0.1) is 0 Å². The second-order valence-corrected chi connectivity index (χ2v) is 9.70. The highest BCUT2D eigenvalue weighted by Crippen LogP contribution is 2.60. The molecule has 1 saturated heterocycles. The Morgan fingerprint density at radius 2 is 1.86 bits per heavy atom. The summed E-state index contributed by atoms with van der Waals surface area (Å²) in [6.45, 7) is 0.956. The molecule has 1 aliphatic rings. The molecule has 0 bridgehead atoms. The van der Waals surface area contributed by atoms with E-state index in [0.717, 1.165) is 0 Å². The van der Waals surface area contributed by atoms with E-state index < -0.39 is 27.5 Å². The molecule has 0 aromatic rings. The Kier molecular flexibility index (Phi) is 11.0. The highest BCUT2D eigenvalue weighted by Gasteiger charge is 2.36. The maximum absolute atomic E-state index is 11.7. The van der Waals surface area contributed by atoms with E-state index in [1.165, 1.54) is 11.8 Å². The number of hydrogen-bond acceptors (Lipinski definition) is 9. The van der Waals surface area contributed by atoms with Crippen molar-refractivity contribution in [3.05, 3.63) is 0 Å². The molecule has 0 aromatic carbocycles. The summed E-state index contributed by atoms with van der Waals surface area (Å²) in [6.07, 6.45) is 2.01. The van der Waals surface area contributed by atoms with Gasteiger partial charge in [-0.15, -0.1) is 0 Å². The van der Waals surface area contributed by atoms with Crippen molar-refractivity contribution in [2.45, 2.75) is 44.3 Å². The van der Waals surface area contributed by atoms with Crippen LogP contribution in [0.3, 0.4) is 0 Å². The van der Waals surface area contributed by atoms with E-state index in [4.69, 9.17) is 4.89 Å². The maximum Gasteiger partial charge on any atom is 0.481 e. The molecule has 0 saturated carbocycles. The normalized spacial score (nSPS) is 21.1. The number of nitrogens with one attached hydrogen (secondary N) is 1. The quantitative estimate of drug-likeness (QED) is 0.123. The SMILES string of the molecule is CCOP(=O)(O)OP(=O)(O)OCCNC(=O)CCCCCN1C(=O)CC(S)C1=O. The van der Waals surface area contributed by atoms with Gasteiger partial charge in [0.2, 0.25) is 17.7 Å². The van der Waals surface area contributed by atoms with Gasteiger partial charge in [-0.25, -0.2) is 9.13 Å². The predicted octanol–water partition coefficient (Wildman–Crippen LogP) is 0.991. The first kappa shape index (κ1) is 26.3. The summed E-state index contributed by atoms with van der Waals surface area (Å²) in [5.41, 5.74) is 0. The second-order valence-electron chi connectivity index (χ2n) is 6.03. The number of nitrogens with zero attached hydrogens (tertiary/aromatic N) is 1. The molecule has 12 nitrogen and oxygen atoms in total. The van der Waals surface area contributed by atoms with Crippen LogP contribution in [0.5, 0.6) is 0 Å². The highest BCUT2D eigenvalue weighted by atomic mass is 32.1. The fourth-order valence-corrected chi connectivity index (χ4v) is 4.78. The Morgan fingerprint density at radius 3 is 2.45 bits per heavy atom. The van der Waals surface area contributed by atoms with Crippen LogP contribution in [0.1, 0.15) is 39.0 Å². The lowest BCUT2D eigenvalue weighted by molar-refractivity contribution is -0.138. The standard InChI is InChI=1S/C14H26N2O10P2S/c1-2-24-27(20,21)26-28(22,23)25-9-7-15-12(17)6-4-3-5-8-16-13(18)10-11(29)14(16)19/h11,29H,2-10H2,1H3,(H,15,17)(H,20,21)(H,22,23). The lowest BCUT2D eigenvalue weighted by Gasteiger charge is -2.15. The smallest absolute Gasteiger partial charge is 0.354 e. The Morgan fingerprint density at radius 1 is 1.21 bits per heavy atom. The van der Waals surface area contributed by atoms with Crippen molar-refractivity contribution in [3.8, 4) is 0 Å². The van der Waals surface area contributed by atoms with Crippen LogP contribution in [-0.2, 0) is 36.9 Å². The minimum atomic E-state index is -4.81. The van der Waals surface area contributed by atoms with Gasteiger partial charge >= 0.3 is 15.6 Å². The largest absolute Gasteiger partial charge is 0.481 e. The average molecular weight is 476 g/mol. The Hall–Kier alpha value is -0.780. The van der Waals surface area contributed by atoms with Crippen LogP contribution >= 0.6 is 28.3 Å². The molecule has 168 valence electrons. The molecule has 1 heterocycles. The van der Waals surface area contributed by atoms with E-state index in [2.05, 4.69) is 31.3 Å². The lowest BCUT2D eigenvalue weighted by atomic mass is 10.2. The molecule has 3 N–H and O–H groups in total. The lowest BCUT2D eigenvalue weighted by Crippen LogP contribution is -2.31. The second kappa shape index (κ2) is 12.2. The van der Waals surface area contributed by atoms with Gasteiger partial charge in [0.05, 0.1) is 18.5 Å². The van der Waals surface area contributed by atoms with Gasteiger partial charge in [0.25, 0.3) is 0 Å². The number of thiol groups is 1. The first-order valence-corrected chi connectivity index (χ1v) is 12.4. The van der Waals surface area contributed by atoms with Crippen molar-refractivity contribution in [1.82, 2.24) is 10.2 Å². The van der Waals surface area contributed by atoms with Crippen molar-refractivity contribution in [2.24, 2.45) is 0 Å². The Bertz CT molecular complexity index is 691. The summed E-state index contributed by atoms with van der Waals surface area (Å²) in [5, 5.41) is 1.88. The summed E-state index contributed by atoms with van der Waals surface area (Å²) >= 11 is 4.04. The van der Waals surface area contributed by atoms with Gasteiger partial charge < -0.3 is 15.1 Å². The van der Waals surface area contributed by atoms with Crippen molar-refractivity contribution < 1.29 is 46.7 Å². The average Bonchev–Trinajstić information content (AvgIpc) is 2.83. The molecule has 15 heteroatoms. The van der Waals surface area contributed by atoms with Gasteiger partial charge in [-0.3, -0.25) is 28.3 Å². The number of imide groups is 1. The van der Waals surface area contributed by atoms with Crippen LogP contribution < -0.4 is 5.32 Å². The summed E-state index contributed by atoms with van der Waals surface area (Å²) < 4.78 is 35.6. The molecule has 1 fully saturated rings. The number of likely N-dealkylation sites (tertiary alicyclic amines) is 1. The van der Waals surface area contributed by atoms with Crippen LogP contribution in [0.4, 0.5) is 0 Å². The first-order chi connectivity index (χ1) is 13.5. The molecule has 0 aliphatic carbocycles. The van der Waals surface area contributed by atoms with E-state index >= 15 is 0 Å². The van der Waals surface area contributed by atoms with E-state index in [0.29, 0.717) is 25.8 Å². The number of amides is 3. The third-order valence-electron chi connectivity index (χ3n) is 3.68. The third-order valence-corrected chi connectivity index (χ3v) is 6.83. The van der Waals surface area contributed by atoms with E-state index in [9.17, 15) is 28.4 Å². The zero-order chi connectivity index (χ0) is 22.1. The first-order valence-electron chi connectivity index (χ1n) is 8.92. The van der Waals surface area contributed by atoms with Gasteiger partial charge in [0.15, 0.2) is 0 Å². The Labute approximate surface area is 173 Å². The van der Waals surface area contributed by atoms with Crippen LogP contribution in [0.2, 0.25) is 0 Å². The monoisotopic (exact) mass is 476 g/mol. The van der Waals surface area contributed by atoms with Gasteiger partial charge in [0, 0.05) is 25.9 Å². The predicted molar refractivity (Wildman–Crippen MR) is 104 cm³/mol.